The molecule has 0 unspecified atom stereocenters. The predicted molar refractivity (Wildman–Crippen MR) is 110 cm³/mol. The Morgan fingerprint density at radius 1 is 1.35 bits per heavy atom. The van der Waals surface area contributed by atoms with Crippen molar-refractivity contribution in [2.24, 2.45) is 7.05 Å². The highest BCUT2D eigenvalue weighted by molar-refractivity contribution is 7.17. The topological polar surface area (TPSA) is 75.1 Å². The molecule has 10 heteroatoms. The molecule has 3 heterocycles. The Balaban J connectivity index is 0.00000169. The molecule has 146 valence electrons. The average Bonchev–Trinajstić information content (AvgIpc) is 3.18. The Labute approximate surface area is 170 Å². The van der Waals surface area contributed by atoms with Crippen LogP contribution in [0, 0.1) is 6.92 Å². The zero-order valence-electron chi connectivity index (χ0n) is 15.0. The second kappa shape index (κ2) is 10.8. The molecule has 1 fully saturated rings. The van der Waals surface area contributed by atoms with E-state index in [1.807, 2.05) is 20.2 Å². The van der Waals surface area contributed by atoms with Gasteiger partial charge < -0.3 is 15.5 Å². The van der Waals surface area contributed by atoms with Gasteiger partial charge >= 0.3 is 0 Å². The summed E-state index contributed by atoms with van der Waals surface area (Å²) in [6.45, 7) is 7.92. The average molecular weight is 421 g/mol. The van der Waals surface area contributed by atoms with Gasteiger partial charge in [0, 0.05) is 51.5 Å². The quantitative estimate of drug-likeness (QED) is 0.695. The van der Waals surface area contributed by atoms with Crippen LogP contribution in [0.15, 0.2) is 12.4 Å². The molecule has 0 atom stereocenters. The van der Waals surface area contributed by atoms with Crippen LogP contribution in [-0.2, 0) is 7.05 Å². The number of carbonyl (C=O) groups is 1. The molecule has 2 N–H and O–H groups in total. The largest absolute Gasteiger partial charge is 0.351 e. The van der Waals surface area contributed by atoms with Crippen molar-refractivity contribution >= 4 is 42.1 Å². The molecule has 2 aromatic heterocycles. The molecule has 0 saturated carbocycles. The molecule has 0 aliphatic carbocycles. The molecule has 1 saturated heterocycles. The standard InChI is InChI=1S/C16H24N6OS.2ClH/c1-12-14(24-16(20-12)13-10-19-21(2)11-13)15(23)18-4-3-7-22-8-5-17-6-9-22;;/h10-11,17H,3-9H2,1-2H3,(H,18,23);2*1H. The van der Waals surface area contributed by atoms with Gasteiger partial charge in [0.05, 0.1) is 11.9 Å². The number of hydrogen-bond donors (Lipinski definition) is 2. The van der Waals surface area contributed by atoms with E-state index >= 15 is 0 Å². The third-order valence-corrected chi connectivity index (χ3v) is 5.31. The summed E-state index contributed by atoms with van der Waals surface area (Å²) in [5, 5.41) is 11.4. The molecule has 0 bridgehead atoms. The van der Waals surface area contributed by atoms with Crippen LogP contribution in [-0.4, -0.2) is 64.8 Å². The van der Waals surface area contributed by atoms with Gasteiger partial charge in [0.15, 0.2) is 0 Å². The Morgan fingerprint density at radius 3 is 2.73 bits per heavy atom. The first kappa shape index (κ1) is 22.9. The van der Waals surface area contributed by atoms with Gasteiger partial charge in [-0.1, -0.05) is 0 Å². The van der Waals surface area contributed by atoms with E-state index in [-0.39, 0.29) is 30.7 Å². The summed E-state index contributed by atoms with van der Waals surface area (Å²) in [5.74, 6) is -0.0274. The predicted octanol–water partition coefficient (Wildman–Crippen LogP) is 1.72. The highest BCUT2D eigenvalue weighted by Gasteiger charge is 2.17. The third kappa shape index (κ3) is 5.92. The van der Waals surface area contributed by atoms with Crippen molar-refractivity contribution in [3.05, 3.63) is 23.0 Å². The third-order valence-electron chi connectivity index (χ3n) is 4.10. The fourth-order valence-electron chi connectivity index (χ4n) is 2.78. The zero-order valence-corrected chi connectivity index (χ0v) is 17.5. The van der Waals surface area contributed by atoms with Crippen LogP contribution in [0.5, 0.6) is 0 Å². The van der Waals surface area contributed by atoms with Gasteiger partial charge in [-0.25, -0.2) is 4.98 Å². The molecule has 0 spiro atoms. The second-order valence-electron chi connectivity index (χ2n) is 6.04. The zero-order chi connectivity index (χ0) is 16.9. The Bertz CT molecular complexity index is 699. The number of carbonyl (C=O) groups excluding carboxylic acids is 1. The van der Waals surface area contributed by atoms with Crippen molar-refractivity contribution in [2.75, 3.05) is 39.3 Å². The lowest BCUT2D eigenvalue weighted by Crippen LogP contribution is -2.44. The van der Waals surface area contributed by atoms with Crippen LogP contribution < -0.4 is 10.6 Å². The maximum absolute atomic E-state index is 12.4. The number of rotatable bonds is 6. The monoisotopic (exact) mass is 420 g/mol. The SMILES string of the molecule is Cc1nc(-c2cnn(C)c2)sc1C(=O)NCCCN1CCNCC1.Cl.Cl. The minimum Gasteiger partial charge on any atom is -0.351 e. The van der Waals surface area contributed by atoms with E-state index in [2.05, 4.69) is 25.6 Å². The van der Waals surface area contributed by atoms with E-state index < -0.39 is 0 Å². The smallest absolute Gasteiger partial charge is 0.263 e. The molecule has 2 aromatic rings. The summed E-state index contributed by atoms with van der Waals surface area (Å²) in [5.41, 5.74) is 1.72. The van der Waals surface area contributed by atoms with E-state index in [9.17, 15) is 4.79 Å². The van der Waals surface area contributed by atoms with Crippen LogP contribution in [0.3, 0.4) is 0 Å². The lowest BCUT2D eigenvalue weighted by Gasteiger charge is -2.27. The van der Waals surface area contributed by atoms with Crippen molar-refractivity contribution in [1.82, 2.24) is 30.3 Å². The van der Waals surface area contributed by atoms with E-state index in [4.69, 9.17) is 0 Å². The lowest BCUT2D eigenvalue weighted by molar-refractivity contribution is 0.0954. The molecule has 1 aliphatic rings. The molecule has 1 amide bonds. The molecule has 0 radical (unpaired) electrons. The number of hydrogen-bond acceptors (Lipinski definition) is 6. The summed E-state index contributed by atoms with van der Waals surface area (Å²) >= 11 is 1.42. The summed E-state index contributed by atoms with van der Waals surface area (Å²) in [6.07, 6.45) is 4.65. The Kier molecular flexibility index (Phi) is 9.52. The van der Waals surface area contributed by atoms with E-state index in [1.165, 1.54) is 11.3 Å². The number of aryl methyl sites for hydroxylation is 2. The number of piperazine rings is 1. The number of halogens is 2. The first-order valence-corrected chi connectivity index (χ1v) is 9.13. The van der Waals surface area contributed by atoms with Gasteiger partial charge in [-0.05, 0) is 19.9 Å². The lowest BCUT2D eigenvalue weighted by atomic mass is 10.3. The van der Waals surface area contributed by atoms with Crippen molar-refractivity contribution in [3.8, 4) is 10.6 Å². The minimum absolute atomic E-state index is 0. The highest BCUT2D eigenvalue weighted by atomic mass is 35.5. The molecular formula is C16H26Cl2N6OS. The highest BCUT2D eigenvalue weighted by Crippen LogP contribution is 2.27. The van der Waals surface area contributed by atoms with Crippen LogP contribution >= 0.6 is 36.2 Å². The molecule has 26 heavy (non-hydrogen) atoms. The summed E-state index contributed by atoms with van der Waals surface area (Å²) in [4.78, 5) is 20.0. The van der Waals surface area contributed by atoms with Gasteiger partial charge in [-0.2, -0.15) is 5.10 Å². The van der Waals surface area contributed by atoms with Gasteiger partial charge in [0.2, 0.25) is 0 Å². The van der Waals surface area contributed by atoms with Crippen molar-refractivity contribution < 1.29 is 4.79 Å². The molecule has 7 nitrogen and oxygen atoms in total. The fourth-order valence-corrected chi connectivity index (χ4v) is 3.74. The van der Waals surface area contributed by atoms with Crippen LogP contribution in [0.1, 0.15) is 21.8 Å². The summed E-state index contributed by atoms with van der Waals surface area (Å²) in [6, 6.07) is 0. The van der Waals surface area contributed by atoms with E-state index in [0.717, 1.165) is 55.4 Å². The Hall–Kier alpha value is -1.19. The maximum Gasteiger partial charge on any atom is 0.263 e. The summed E-state index contributed by atoms with van der Waals surface area (Å²) < 4.78 is 1.74. The number of nitrogens with one attached hydrogen (secondary N) is 2. The second-order valence-corrected chi connectivity index (χ2v) is 7.04. The van der Waals surface area contributed by atoms with Crippen LogP contribution in [0.2, 0.25) is 0 Å². The maximum atomic E-state index is 12.4. The molecule has 1 aliphatic heterocycles. The van der Waals surface area contributed by atoms with Crippen molar-refractivity contribution in [2.45, 2.75) is 13.3 Å². The van der Waals surface area contributed by atoms with Gasteiger partial charge in [-0.3, -0.25) is 9.48 Å². The van der Waals surface area contributed by atoms with Crippen LogP contribution in [0.4, 0.5) is 0 Å². The van der Waals surface area contributed by atoms with Gasteiger partial charge in [0.25, 0.3) is 5.91 Å². The number of thiazole rings is 1. The first-order chi connectivity index (χ1) is 11.6. The minimum atomic E-state index is -0.0274. The first-order valence-electron chi connectivity index (χ1n) is 8.31. The molecule has 0 aromatic carbocycles. The van der Waals surface area contributed by atoms with Crippen molar-refractivity contribution in [1.29, 1.82) is 0 Å². The number of amides is 1. The molecule has 3 rings (SSSR count). The fraction of sp³-hybridized carbons (Fsp3) is 0.562. The molecular weight excluding hydrogens is 395 g/mol. The van der Waals surface area contributed by atoms with Crippen molar-refractivity contribution in [3.63, 3.8) is 0 Å². The van der Waals surface area contributed by atoms with Gasteiger partial charge in [-0.15, -0.1) is 36.2 Å². The summed E-state index contributed by atoms with van der Waals surface area (Å²) in [7, 11) is 1.87. The van der Waals surface area contributed by atoms with E-state index in [1.54, 1.807) is 10.9 Å². The number of nitrogens with zero attached hydrogens (tertiary/aromatic N) is 4. The van der Waals surface area contributed by atoms with Crippen LogP contribution in [0.25, 0.3) is 10.6 Å². The van der Waals surface area contributed by atoms with Gasteiger partial charge in [0.1, 0.15) is 9.88 Å². The Morgan fingerprint density at radius 2 is 2.08 bits per heavy atom. The van der Waals surface area contributed by atoms with E-state index in [0.29, 0.717) is 11.4 Å². The normalized spacial score (nSPS) is 14.4. The number of aromatic nitrogens is 3.